The number of hydrogen-bond acceptors (Lipinski definition) is 6. The van der Waals surface area contributed by atoms with Crippen LogP contribution in [0.2, 0.25) is 0 Å². The Morgan fingerprint density at radius 1 is 0.917 bits per heavy atom. The van der Waals surface area contributed by atoms with Crippen molar-refractivity contribution in [2.24, 2.45) is 0 Å². The molecule has 2 saturated heterocycles. The summed E-state index contributed by atoms with van der Waals surface area (Å²) in [5.74, 6) is 0. The summed E-state index contributed by atoms with van der Waals surface area (Å²) in [6.07, 6.45) is 2.15. The van der Waals surface area contributed by atoms with Gasteiger partial charge in [-0.3, -0.25) is 4.79 Å². The van der Waals surface area contributed by atoms with E-state index in [0.29, 0.717) is 43.7 Å². The number of ether oxygens (including phenoxy) is 1. The van der Waals surface area contributed by atoms with Gasteiger partial charge in [0.2, 0.25) is 0 Å². The first-order chi connectivity index (χ1) is 17.4. The molecule has 0 bridgehead atoms. The minimum Gasteiger partial charge on any atom is -0.448 e. The first-order valence-corrected chi connectivity index (χ1v) is 12.5. The summed E-state index contributed by atoms with van der Waals surface area (Å²) in [6.45, 7) is 7.47. The largest absolute Gasteiger partial charge is 0.448 e. The van der Waals surface area contributed by atoms with Gasteiger partial charge in [0.1, 0.15) is 12.3 Å². The number of carbonyl (C=O) groups excluding carboxylic acids is 1. The second-order valence-electron chi connectivity index (χ2n) is 9.46. The van der Waals surface area contributed by atoms with Gasteiger partial charge in [-0.05, 0) is 42.5 Å². The van der Waals surface area contributed by atoms with Gasteiger partial charge in [0.15, 0.2) is 7.05 Å². The van der Waals surface area contributed by atoms with Gasteiger partial charge < -0.3 is 24.0 Å². The van der Waals surface area contributed by atoms with Crippen molar-refractivity contribution in [1.29, 1.82) is 0 Å². The topological polar surface area (TPSA) is 78.1 Å². The molecular formula is C27H32N5O4+. The summed E-state index contributed by atoms with van der Waals surface area (Å²) in [7, 11) is 1.48. The van der Waals surface area contributed by atoms with E-state index < -0.39 is 0 Å². The molecule has 2 aromatic carbocycles. The van der Waals surface area contributed by atoms with Gasteiger partial charge in [0, 0.05) is 66.9 Å². The number of aryl methyl sites for hydroxylation is 2. The third-order valence-electron chi connectivity index (χ3n) is 7.16. The fraction of sp³-hybridized carbons (Fsp3) is 0.407. The quantitative estimate of drug-likeness (QED) is 0.472. The smallest absolute Gasteiger partial charge is 0.409 e. The van der Waals surface area contributed by atoms with Crippen LogP contribution in [0.5, 0.6) is 0 Å². The van der Waals surface area contributed by atoms with E-state index in [1.54, 1.807) is 21.7 Å². The van der Waals surface area contributed by atoms with Crippen molar-refractivity contribution in [3.05, 3.63) is 69.5 Å². The number of cyclic esters (lactones) is 1. The zero-order chi connectivity index (χ0) is 25.2. The van der Waals surface area contributed by atoms with Crippen molar-refractivity contribution in [3.8, 4) is 0 Å². The van der Waals surface area contributed by atoms with Gasteiger partial charge in [-0.1, -0.05) is 18.2 Å². The summed E-state index contributed by atoms with van der Waals surface area (Å²) in [5.41, 5.74) is 3.73. The zero-order valence-corrected chi connectivity index (χ0v) is 20.9. The number of hydrogen-bond donors (Lipinski definition) is 0. The van der Waals surface area contributed by atoms with Gasteiger partial charge in [0.05, 0.1) is 11.9 Å². The van der Waals surface area contributed by atoms with Crippen molar-refractivity contribution in [2.45, 2.75) is 19.9 Å². The Hall–Kier alpha value is -3.88. The lowest BCUT2D eigenvalue weighted by molar-refractivity contribution is -0.427. The number of piperazine rings is 1. The second kappa shape index (κ2) is 10.0. The standard InChI is InChI=1S/C27H32N5O4/c1-20-6-3-4-7-23(20)29-12-14-30(15-13-29)25-18-21-8-11-31(9-5-10-32-16-17-36-27(32)34)26(33)22(21)19-24(25)28(2)35/h3-4,6-8,11,18-19H,5,9-10,12-17H2,1-2H3/q+1. The molecular weight excluding hydrogens is 458 g/mol. The highest BCUT2D eigenvalue weighted by Crippen LogP contribution is 2.33. The Morgan fingerprint density at radius 3 is 2.31 bits per heavy atom. The number of para-hydroxylation sites is 1. The Labute approximate surface area is 210 Å². The average Bonchev–Trinajstić information content (AvgIpc) is 3.29. The molecule has 9 nitrogen and oxygen atoms in total. The lowest BCUT2D eigenvalue weighted by Gasteiger charge is -2.37. The highest BCUT2D eigenvalue weighted by molar-refractivity contribution is 5.90. The number of nitrogens with zero attached hydrogens (tertiary/aromatic N) is 5. The number of aromatic nitrogens is 1. The summed E-state index contributed by atoms with van der Waals surface area (Å²) >= 11 is 0. The fourth-order valence-electron chi connectivity index (χ4n) is 5.16. The molecule has 2 aliphatic heterocycles. The van der Waals surface area contributed by atoms with Crippen LogP contribution < -0.4 is 15.4 Å². The number of nitroso groups, excluding NO2 is 1. The fourth-order valence-corrected chi connectivity index (χ4v) is 5.16. The third kappa shape index (κ3) is 4.65. The maximum absolute atomic E-state index is 13.2. The molecule has 0 N–H and O–H groups in total. The summed E-state index contributed by atoms with van der Waals surface area (Å²) < 4.78 is 7.45. The Balaban J connectivity index is 1.35. The van der Waals surface area contributed by atoms with E-state index in [1.165, 1.54) is 18.3 Å². The molecule has 188 valence electrons. The van der Waals surface area contributed by atoms with E-state index in [2.05, 4.69) is 41.0 Å². The lowest BCUT2D eigenvalue weighted by atomic mass is 10.1. The zero-order valence-electron chi connectivity index (χ0n) is 20.9. The minimum absolute atomic E-state index is 0.129. The van der Waals surface area contributed by atoms with E-state index in [4.69, 9.17) is 4.74 Å². The molecule has 3 heterocycles. The Bertz CT molecular complexity index is 1360. The highest BCUT2D eigenvalue weighted by atomic mass is 16.6. The normalized spacial score (nSPS) is 16.1. The molecule has 0 aliphatic carbocycles. The molecule has 0 saturated carbocycles. The van der Waals surface area contributed by atoms with Crippen molar-refractivity contribution < 1.29 is 14.3 Å². The number of fused-ring (bicyclic) bond motifs is 1. The van der Waals surface area contributed by atoms with E-state index in [-0.39, 0.29) is 11.7 Å². The van der Waals surface area contributed by atoms with Crippen molar-refractivity contribution in [3.63, 3.8) is 0 Å². The van der Waals surface area contributed by atoms with Gasteiger partial charge in [0.25, 0.3) is 11.2 Å². The molecule has 36 heavy (non-hydrogen) atoms. The molecule has 0 spiro atoms. The maximum atomic E-state index is 13.2. The van der Waals surface area contributed by atoms with Gasteiger partial charge in [-0.15, -0.1) is 0 Å². The summed E-state index contributed by atoms with van der Waals surface area (Å²) in [4.78, 5) is 43.7. The second-order valence-corrected chi connectivity index (χ2v) is 9.46. The number of pyridine rings is 1. The first kappa shape index (κ1) is 23.8. The molecule has 1 amide bonds. The molecule has 1 aromatic heterocycles. The molecule has 0 atom stereocenters. The summed E-state index contributed by atoms with van der Waals surface area (Å²) in [5, 5.41) is 1.35. The van der Waals surface area contributed by atoms with Crippen LogP contribution in [0.4, 0.5) is 21.9 Å². The molecule has 2 aliphatic rings. The molecule has 5 rings (SSSR count). The van der Waals surface area contributed by atoms with Crippen LogP contribution in [0, 0.1) is 11.8 Å². The Kier molecular flexibility index (Phi) is 6.63. The predicted octanol–water partition coefficient (Wildman–Crippen LogP) is 3.52. The molecule has 2 fully saturated rings. The average molecular weight is 491 g/mol. The predicted molar refractivity (Wildman–Crippen MR) is 141 cm³/mol. The Morgan fingerprint density at radius 2 is 1.64 bits per heavy atom. The molecule has 9 heteroatoms. The SMILES string of the molecule is Cc1ccccc1N1CCN(c2cc3ccn(CCCN4CCOC4=O)c(=O)c3cc2[N+](C)=O)CC1. The monoisotopic (exact) mass is 490 g/mol. The summed E-state index contributed by atoms with van der Waals surface area (Å²) in [6, 6.07) is 14.0. The van der Waals surface area contributed by atoms with Crippen LogP contribution in [0.25, 0.3) is 10.8 Å². The van der Waals surface area contributed by atoms with Crippen molar-refractivity contribution >= 4 is 33.9 Å². The van der Waals surface area contributed by atoms with E-state index in [0.717, 1.165) is 42.0 Å². The number of rotatable bonds is 7. The van der Waals surface area contributed by atoms with E-state index in [1.807, 2.05) is 12.1 Å². The van der Waals surface area contributed by atoms with Crippen LogP contribution in [0.15, 0.2) is 53.5 Å². The lowest BCUT2D eigenvalue weighted by Crippen LogP contribution is -2.47. The van der Waals surface area contributed by atoms with Crippen molar-refractivity contribution in [1.82, 2.24) is 9.47 Å². The van der Waals surface area contributed by atoms with Gasteiger partial charge >= 0.3 is 6.09 Å². The van der Waals surface area contributed by atoms with Crippen molar-refractivity contribution in [2.75, 3.05) is 62.7 Å². The molecule has 0 radical (unpaired) electrons. The van der Waals surface area contributed by atoms with E-state index >= 15 is 0 Å². The minimum atomic E-state index is -0.295. The highest BCUT2D eigenvalue weighted by Gasteiger charge is 2.26. The number of amides is 1. The molecule has 0 unspecified atom stereocenters. The third-order valence-corrected chi connectivity index (χ3v) is 7.16. The number of carbonyl (C=O) groups is 1. The molecule has 3 aromatic rings. The van der Waals surface area contributed by atoms with Gasteiger partial charge in [-0.2, -0.15) is 0 Å². The van der Waals surface area contributed by atoms with E-state index in [9.17, 15) is 14.5 Å². The van der Waals surface area contributed by atoms with Crippen LogP contribution in [-0.2, 0) is 11.3 Å². The number of anilines is 2. The first-order valence-electron chi connectivity index (χ1n) is 12.5. The van der Waals surface area contributed by atoms with Crippen LogP contribution >= 0.6 is 0 Å². The van der Waals surface area contributed by atoms with Crippen LogP contribution in [0.1, 0.15) is 12.0 Å². The van der Waals surface area contributed by atoms with Crippen LogP contribution in [-0.4, -0.2) is 73.2 Å². The maximum Gasteiger partial charge on any atom is 0.409 e. The van der Waals surface area contributed by atoms with Gasteiger partial charge in [-0.25, -0.2) is 4.79 Å². The van der Waals surface area contributed by atoms with Crippen LogP contribution in [0.3, 0.4) is 0 Å². The number of benzene rings is 2.